The minimum Gasteiger partial charge on any atom is -0.463 e. The van der Waals surface area contributed by atoms with E-state index >= 15 is 0 Å². The van der Waals surface area contributed by atoms with Gasteiger partial charge in [-0.3, -0.25) is 4.79 Å². The lowest BCUT2D eigenvalue weighted by molar-refractivity contribution is -0.145. The van der Waals surface area contributed by atoms with Crippen molar-refractivity contribution >= 4 is 5.97 Å². The fraction of sp³-hybridized carbons (Fsp3) is 0.960. The van der Waals surface area contributed by atoms with E-state index in [4.69, 9.17) is 23.7 Å². The molecule has 0 aromatic heterocycles. The van der Waals surface area contributed by atoms with Gasteiger partial charge in [-0.2, -0.15) is 0 Å². The molecule has 186 valence electrons. The summed E-state index contributed by atoms with van der Waals surface area (Å²) in [5.41, 5.74) is 0. The molecule has 0 fully saturated rings. The largest absolute Gasteiger partial charge is 0.463 e. The van der Waals surface area contributed by atoms with Gasteiger partial charge in [-0.15, -0.1) is 0 Å². The Morgan fingerprint density at radius 1 is 0.452 bits per heavy atom. The average molecular weight is 447 g/mol. The molecule has 0 atom stereocenters. The first-order valence-electron chi connectivity index (χ1n) is 12.8. The third kappa shape index (κ3) is 27.3. The lowest BCUT2D eigenvalue weighted by Crippen LogP contribution is -2.14. The molecule has 0 aromatic carbocycles. The van der Waals surface area contributed by atoms with Gasteiger partial charge in [-0.05, 0) is 12.8 Å². The van der Waals surface area contributed by atoms with Gasteiger partial charge in [-0.1, -0.05) is 78.1 Å². The van der Waals surface area contributed by atoms with E-state index in [1.165, 1.54) is 57.8 Å². The van der Waals surface area contributed by atoms with Crippen molar-refractivity contribution in [3.63, 3.8) is 0 Å². The van der Waals surface area contributed by atoms with Gasteiger partial charge in [0.15, 0.2) is 0 Å². The van der Waals surface area contributed by atoms with Crippen LogP contribution in [0.4, 0.5) is 0 Å². The van der Waals surface area contributed by atoms with Crippen molar-refractivity contribution in [3.05, 3.63) is 0 Å². The van der Waals surface area contributed by atoms with Gasteiger partial charge >= 0.3 is 5.97 Å². The summed E-state index contributed by atoms with van der Waals surface area (Å²) in [5.74, 6) is -0.116. The topological polar surface area (TPSA) is 63.2 Å². The van der Waals surface area contributed by atoms with Crippen LogP contribution < -0.4 is 0 Å². The summed E-state index contributed by atoms with van der Waals surface area (Å²) in [7, 11) is 0. The van der Waals surface area contributed by atoms with Crippen molar-refractivity contribution in [3.8, 4) is 0 Å². The molecule has 0 aromatic rings. The number of hydrogen-bond donors (Lipinski definition) is 0. The predicted octanol–water partition coefficient (Wildman–Crippen LogP) is 5.71. The fourth-order valence-electron chi connectivity index (χ4n) is 3.08. The molecule has 0 rings (SSSR count). The van der Waals surface area contributed by atoms with E-state index in [9.17, 15) is 4.79 Å². The van der Waals surface area contributed by atoms with Crippen LogP contribution in [-0.2, 0) is 28.5 Å². The summed E-state index contributed by atoms with van der Waals surface area (Å²) < 4.78 is 26.9. The molecule has 0 aliphatic heterocycles. The quantitative estimate of drug-likeness (QED) is 0.125. The second kappa shape index (κ2) is 27.3. The Kier molecular flexibility index (Phi) is 26.7. The van der Waals surface area contributed by atoms with E-state index in [0.29, 0.717) is 59.3 Å². The van der Waals surface area contributed by atoms with Crippen molar-refractivity contribution in [2.75, 3.05) is 59.5 Å². The molecule has 0 saturated carbocycles. The third-order valence-corrected chi connectivity index (χ3v) is 4.98. The Bertz CT molecular complexity index is 351. The molecule has 0 unspecified atom stereocenters. The molecule has 0 aliphatic carbocycles. The van der Waals surface area contributed by atoms with E-state index in [1.807, 2.05) is 0 Å². The first-order valence-corrected chi connectivity index (χ1v) is 12.8. The van der Waals surface area contributed by atoms with Crippen LogP contribution >= 0.6 is 0 Å². The Balaban J connectivity index is 3.12. The van der Waals surface area contributed by atoms with E-state index in [2.05, 4.69) is 13.8 Å². The zero-order valence-electron chi connectivity index (χ0n) is 20.5. The van der Waals surface area contributed by atoms with Crippen LogP contribution in [0.3, 0.4) is 0 Å². The number of carbonyl (C=O) groups is 1. The maximum atomic E-state index is 11.7. The predicted molar refractivity (Wildman–Crippen MR) is 126 cm³/mol. The van der Waals surface area contributed by atoms with Gasteiger partial charge in [0.2, 0.25) is 0 Å². The standard InChI is InChI=1S/C25H50O6/c1-3-5-7-8-9-10-11-12-13-15-25(26)31-24-23-30-22-21-29-20-19-28-18-17-27-16-14-6-4-2/h3-24H2,1-2H3. The Labute approximate surface area is 191 Å². The number of esters is 1. The summed E-state index contributed by atoms with van der Waals surface area (Å²) in [5, 5.41) is 0. The maximum absolute atomic E-state index is 11.7. The molecular formula is C25H50O6. The summed E-state index contributed by atoms with van der Waals surface area (Å²) in [6, 6.07) is 0. The molecular weight excluding hydrogens is 396 g/mol. The van der Waals surface area contributed by atoms with Crippen molar-refractivity contribution in [1.29, 1.82) is 0 Å². The van der Waals surface area contributed by atoms with Crippen LogP contribution in [0.5, 0.6) is 0 Å². The van der Waals surface area contributed by atoms with Crippen LogP contribution in [0.2, 0.25) is 0 Å². The lowest BCUT2D eigenvalue weighted by Gasteiger charge is -2.08. The van der Waals surface area contributed by atoms with Gasteiger partial charge in [-0.25, -0.2) is 0 Å². The van der Waals surface area contributed by atoms with E-state index in [-0.39, 0.29) is 5.97 Å². The van der Waals surface area contributed by atoms with Gasteiger partial charge in [0.05, 0.1) is 46.2 Å². The van der Waals surface area contributed by atoms with Crippen molar-refractivity contribution < 1.29 is 28.5 Å². The Hall–Kier alpha value is -0.690. The summed E-state index contributed by atoms with van der Waals surface area (Å²) in [6.07, 6.45) is 15.3. The zero-order valence-corrected chi connectivity index (χ0v) is 20.5. The molecule has 6 heteroatoms. The second-order valence-corrected chi connectivity index (χ2v) is 7.96. The van der Waals surface area contributed by atoms with E-state index in [0.717, 1.165) is 25.9 Å². The van der Waals surface area contributed by atoms with Crippen LogP contribution in [0.25, 0.3) is 0 Å². The molecule has 31 heavy (non-hydrogen) atoms. The highest BCUT2D eigenvalue weighted by atomic mass is 16.6. The monoisotopic (exact) mass is 446 g/mol. The average Bonchev–Trinajstić information content (AvgIpc) is 2.77. The minimum atomic E-state index is -0.116. The fourth-order valence-corrected chi connectivity index (χ4v) is 3.08. The first-order chi connectivity index (χ1) is 15.3. The highest BCUT2D eigenvalue weighted by Gasteiger charge is 2.02. The summed E-state index contributed by atoms with van der Waals surface area (Å²) >= 11 is 0. The van der Waals surface area contributed by atoms with Gasteiger partial charge in [0, 0.05) is 13.0 Å². The molecule has 0 amide bonds. The number of hydrogen-bond acceptors (Lipinski definition) is 6. The molecule has 6 nitrogen and oxygen atoms in total. The summed E-state index contributed by atoms with van der Waals surface area (Å²) in [6.45, 7) is 9.35. The van der Waals surface area contributed by atoms with Crippen LogP contribution in [0.1, 0.15) is 97.3 Å². The molecule has 0 bridgehead atoms. The summed E-state index contributed by atoms with van der Waals surface area (Å²) in [4.78, 5) is 11.7. The van der Waals surface area contributed by atoms with Crippen molar-refractivity contribution in [2.45, 2.75) is 97.3 Å². The number of ether oxygens (including phenoxy) is 5. The number of carbonyl (C=O) groups excluding carboxylic acids is 1. The molecule has 0 spiro atoms. The van der Waals surface area contributed by atoms with Crippen LogP contribution in [-0.4, -0.2) is 65.4 Å². The number of rotatable bonds is 26. The first kappa shape index (κ1) is 30.3. The van der Waals surface area contributed by atoms with Crippen molar-refractivity contribution in [1.82, 2.24) is 0 Å². The van der Waals surface area contributed by atoms with Gasteiger partial charge in [0.25, 0.3) is 0 Å². The smallest absolute Gasteiger partial charge is 0.305 e. The molecule has 0 radical (unpaired) electrons. The highest BCUT2D eigenvalue weighted by Crippen LogP contribution is 2.10. The van der Waals surface area contributed by atoms with E-state index < -0.39 is 0 Å². The Morgan fingerprint density at radius 3 is 1.35 bits per heavy atom. The van der Waals surface area contributed by atoms with E-state index in [1.54, 1.807) is 0 Å². The molecule has 0 heterocycles. The highest BCUT2D eigenvalue weighted by molar-refractivity contribution is 5.69. The molecule has 0 aliphatic rings. The minimum absolute atomic E-state index is 0.116. The number of unbranched alkanes of at least 4 members (excludes halogenated alkanes) is 10. The Morgan fingerprint density at radius 2 is 0.839 bits per heavy atom. The van der Waals surface area contributed by atoms with Gasteiger partial charge < -0.3 is 23.7 Å². The van der Waals surface area contributed by atoms with Gasteiger partial charge in [0.1, 0.15) is 6.61 Å². The SMILES string of the molecule is CCCCCCCCCCCC(=O)OCCOCCOCCOCCOCCCCC. The normalized spacial score (nSPS) is 11.2. The second-order valence-electron chi connectivity index (χ2n) is 7.96. The van der Waals surface area contributed by atoms with Crippen molar-refractivity contribution in [2.24, 2.45) is 0 Å². The third-order valence-electron chi connectivity index (χ3n) is 4.98. The van der Waals surface area contributed by atoms with Crippen LogP contribution in [0, 0.1) is 0 Å². The van der Waals surface area contributed by atoms with Crippen LogP contribution in [0.15, 0.2) is 0 Å². The zero-order chi connectivity index (χ0) is 22.7. The molecule has 0 saturated heterocycles. The lowest BCUT2D eigenvalue weighted by atomic mass is 10.1. The molecule has 0 N–H and O–H groups in total. The maximum Gasteiger partial charge on any atom is 0.305 e.